The second kappa shape index (κ2) is 22.6. The van der Waals surface area contributed by atoms with Crippen molar-refractivity contribution >= 4 is 75.3 Å². The van der Waals surface area contributed by atoms with Crippen LogP contribution >= 0.6 is 11.6 Å². The van der Waals surface area contributed by atoms with Crippen molar-refractivity contribution in [2.24, 2.45) is 0 Å². The Kier molecular flexibility index (Phi) is 16.5. The van der Waals surface area contributed by atoms with Crippen molar-refractivity contribution in [2.75, 3.05) is 103 Å². The van der Waals surface area contributed by atoms with Crippen molar-refractivity contribution < 1.29 is 61.6 Å². The summed E-state index contributed by atoms with van der Waals surface area (Å²) in [5.41, 5.74) is -0.470. The number of nitrogens with zero attached hydrogens (tertiary/aromatic N) is 6. The van der Waals surface area contributed by atoms with Crippen molar-refractivity contribution in [1.82, 2.24) is 30.0 Å². The molecule has 1 aromatic heterocycles. The third kappa shape index (κ3) is 11.3. The van der Waals surface area contributed by atoms with Crippen LogP contribution in [0, 0.1) is 5.82 Å². The van der Waals surface area contributed by atoms with Gasteiger partial charge in [-0.05, 0) is 49.3 Å². The number of carbonyl (C=O) groups is 6. The van der Waals surface area contributed by atoms with Gasteiger partial charge in [-0.3, -0.25) is 39.0 Å². The number of likely N-dealkylation sites (N-methyl/N-ethyl adjacent to an activating group) is 1. The number of aliphatic hydroxyl groups excluding tert-OH is 1. The number of amides is 6. The molecule has 2 saturated heterocycles. The number of benzene rings is 2. The maximum absolute atomic E-state index is 16.5. The smallest absolute Gasteiger partial charge is 0.262 e. The summed E-state index contributed by atoms with van der Waals surface area (Å²) < 4.78 is 53.9. The van der Waals surface area contributed by atoms with Gasteiger partial charge in [-0.15, -0.1) is 0 Å². The van der Waals surface area contributed by atoms with Crippen LogP contribution in [-0.2, 0) is 33.4 Å². The first kappa shape index (κ1) is 49.5. The van der Waals surface area contributed by atoms with Crippen LogP contribution in [0.15, 0.2) is 54.9 Å². The fraction of sp³-hybridized carbons (Fsp3) is 0.435. The van der Waals surface area contributed by atoms with E-state index >= 15 is 4.39 Å². The predicted molar refractivity (Wildman–Crippen MR) is 243 cm³/mol. The molecule has 0 radical (unpaired) electrons. The second-order valence-corrected chi connectivity index (χ2v) is 16.5. The minimum atomic E-state index is -1.32. The molecule has 7 rings (SSSR count). The molecule has 3 aliphatic heterocycles. The number of piperazine rings is 1. The number of nitrogens with one attached hydrogen (secondary N) is 2. The fourth-order valence-corrected chi connectivity index (χ4v) is 8.36. The molecular weight excluding hydrogens is 914 g/mol. The summed E-state index contributed by atoms with van der Waals surface area (Å²) in [5.74, 6) is -3.84. The molecule has 3 aromatic rings. The van der Waals surface area contributed by atoms with E-state index in [0.29, 0.717) is 44.3 Å². The third-order valence-electron chi connectivity index (χ3n) is 11.7. The lowest BCUT2D eigenvalue weighted by molar-refractivity contribution is -0.136. The van der Waals surface area contributed by atoms with E-state index in [1.807, 2.05) is 4.90 Å². The van der Waals surface area contributed by atoms with E-state index in [1.54, 1.807) is 18.0 Å². The number of anilines is 2. The summed E-state index contributed by atoms with van der Waals surface area (Å²) in [6.45, 7) is 7.10. The van der Waals surface area contributed by atoms with Crippen LogP contribution in [0.25, 0.3) is 16.5 Å². The van der Waals surface area contributed by atoms with Crippen molar-refractivity contribution in [3.05, 3.63) is 82.4 Å². The van der Waals surface area contributed by atoms with Gasteiger partial charge in [0.2, 0.25) is 29.6 Å². The Morgan fingerprint density at radius 2 is 1.66 bits per heavy atom. The highest BCUT2D eigenvalue weighted by Crippen LogP contribution is 2.41. The number of rotatable bonds is 21. The van der Waals surface area contributed by atoms with Crippen LogP contribution in [-0.4, -0.2) is 170 Å². The van der Waals surface area contributed by atoms with E-state index in [9.17, 15) is 38.3 Å². The van der Waals surface area contributed by atoms with Crippen LogP contribution in [0.5, 0.6) is 5.75 Å². The highest BCUT2D eigenvalue weighted by atomic mass is 35.5. The van der Waals surface area contributed by atoms with E-state index in [4.69, 9.17) is 30.5 Å². The third-order valence-corrected chi connectivity index (χ3v) is 12.0. The molecule has 6 amide bonds. The number of allylic oxidation sites excluding steroid dienone is 2. The zero-order chi connectivity index (χ0) is 48.5. The van der Waals surface area contributed by atoms with Gasteiger partial charge in [0.25, 0.3) is 11.8 Å². The van der Waals surface area contributed by atoms with Crippen molar-refractivity contribution in [3.8, 4) is 5.75 Å². The van der Waals surface area contributed by atoms with Crippen LogP contribution in [0.1, 0.15) is 52.0 Å². The molecule has 2 atom stereocenters. The molecule has 2 fully saturated rings. The fourth-order valence-electron chi connectivity index (χ4n) is 8.07. The van der Waals surface area contributed by atoms with E-state index in [1.165, 1.54) is 35.3 Å². The monoisotopic (exact) mass is 964 g/mol. The second-order valence-electron chi connectivity index (χ2n) is 16.1. The minimum absolute atomic E-state index is 0.0106. The normalized spacial score (nSPS) is 18.3. The molecule has 362 valence electrons. The summed E-state index contributed by atoms with van der Waals surface area (Å²) in [6.07, 6.45) is 2.72. The quantitative estimate of drug-likeness (QED) is 0.0794. The highest BCUT2D eigenvalue weighted by molar-refractivity contribution is 6.33. The summed E-state index contributed by atoms with van der Waals surface area (Å²) in [7, 11) is 1.64. The number of imide groups is 2. The zero-order valence-corrected chi connectivity index (χ0v) is 38.0. The summed E-state index contributed by atoms with van der Waals surface area (Å²) >= 11 is 6.58. The number of hydrogen-bond donors (Lipinski definition) is 3. The number of carbonyl (C=O) groups excluding carboxylic acids is 6. The lowest BCUT2D eigenvalue weighted by Gasteiger charge is -2.35. The Morgan fingerprint density at radius 1 is 0.971 bits per heavy atom. The first-order valence-corrected chi connectivity index (χ1v) is 22.4. The van der Waals surface area contributed by atoms with Crippen LogP contribution in [0.4, 0.5) is 20.5 Å². The topological polar surface area (TPSA) is 222 Å². The first-order valence-electron chi connectivity index (χ1n) is 22.1. The molecule has 3 N–H and O–H groups in total. The largest absolute Gasteiger partial charge is 0.491 e. The number of ether oxygens (including phenoxy) is 4. The lowest BCUT2D eigenvalue weighted by atomic mass is 9.92. The molecule has 0 saturated carbocycles. The number of fused-ring (bicyclic) bond motifs is 2. The maximum atomic E-state index is 16.5. The Hall–Kier alpha value is -6.39. The van der Waals surface area contributed by atoms with Crippen LogP contribution < -0.4 is 20.3 Å². The number of hydrogen-bond acceptors (Lipinski definition) is 15. The standard InChI is InChI=1S/C46H51ClF2N8O11/c1-3-36(60)55-13-15-56(16-14-55)42-30-26-31(47)38(39-32(48)5-4-6-34(39)58)40(49)41(30)52-46(53-42)50-12-11-37(61)54(2)17-18-65-19-20-66-21-22-67-23-24-68-27-7-8-28-29(25-27)45(64)57(44(28)63)33-9-10-35(59)51-43(33)62/h3-5,7-8,25-26,33-34,58H,1,6,9-24H2,2H3,(H,50,52,53)(H,51,59,62). The van der Waals surface area contributed by atoms with Crippen molar-refractivity contribution in [1.29, 1.82) is 0 Å². The van der Waals surface area contributed by atoms with Crippen LogP contribution in [0.3, 0.4) is 0 Å². The van der Waals surface area contributed by atoms with Gasteiger partial charge in [-0.2, -0.15) is 4.98 Å². The molecule has 2 unspecified atom stereocenters. The van der Waals surface area contributed by atoms with Crippen LogP contribution in [0.2, 0.25) is 5.02 Å². The Bertz CT molecular complexity index is 2540. The first-order chi connectivity index (χ1) is 32.8. The molecule has 19 nitrogen and oxygen atoms in total. The number of aromatic nitrogens is 2. The van der Waals surface area contributed by atoms with E-state index in [-0.39, 0.29) is 134 Å². The highest BCUT2D eigenvalue weighted by Gasteiger charge is 2.45. The minimum Gasteiger partial charge on any atom is -0.491 e. The predicted octanol–water partition coefficient (Wildman–Crippen LogP) is 3.05. The summed E-state index contributed by atoms with van der Waals surface area (Å²) in [6, 6.07) is 4.86. The average molecular weight is 965 g/mol. The molecular formula is C46H51ClF2N8O11. The molecule has 0 bridgehead atoms. The van der Waals surface area contributed by atoms with Gasteiger partial charge in [0.1, 0.15) is 35.6 Å². The Morgan fingerprint density at radius 3 is 2.35 bits per heavy atom. The maximum Gasteiger partial charge on any atom is 0.262 e. The summed E-state index contributed by atoms with van der Waals surface area (Å²) in [4.78, 5) is 89.9. The molecule has 0 spiro atoms. The van der Waals surface area contributed by atoms with E-state index < -0.39 is 47.4 Å². The zero-order valence-electron chi connectivity index (χ0n) is 37.3. The van der Waals surface area contributed by atoms with Gasteiger partial charge in [-0.25, -0.2) is 13.8 Å². The summed E-state index contributed by atoms with van der Waals surface area (Å²) in [5, 5.41) is 15.9. The molecule has 4 aliphatic rings. The number of halogens is 3. The SMILES string of the molecule is C=CC(=O)N1CCN(c2nc(NCCC(=O)N(C)CCOCCOCCOCCOc3ccc4c(c3)C(=O)N(C3CCC(=O)NC3=O)C4=O)nc3c(F)c(C4=C(F)C=CCC4O)c(Cl)cc23)CC1. The van der Waals surface area contributed by atoms with Gasteiger partial charge in [0.05, 0.1) is 61.9 Å². The van der Waals surface area contributed by atoms with Gasteiger partial charge in [0.15, 0.2) is 5.82 Å². The average Bonchev–Trinajstić information content (AvgIpc) is 3.57. The molecule has 4 heterocycles. The molecule has 2 aromatic carbocycles. The Labute approximate surface area is 394 Å². The molecule has 1 aliphatic carbocycles. The van der Waals surface area contributed by atoms with Crippen molar-refractivity contribution in [2.45, 2.75) is 37.8 Å². The molecule has 68 heavy (non-hydrogen) atoms. The van der Waals surface area contributed by atoms with E-state index in [2.05, 4.69) is 27.2 Å². The van der Waals surface area contributed by atoms with Gasteiger partial charge in [0, 0.05) is 75.7 Å². The van der Waals surface area contributed by atoms with Gasteiger partial charge in [-0.1, -0.05) is 24.3 Å². The van der Waals surface area contributed by atoms with E-state index in [0.717, 1.165) is 11.0 Å². The lowest BCUT2D eigenvalue weighted by Crippen LogP contribution is -2.54. The number of aliphatic hydroxyl groups is 1. The van der Waals surface area contributed by atoms with Crippen molar-refractivity contribution in [3.63, 3.8) is 0 Å². The molecule has 22 heteroatoms. The van der Waals surface area contributed by atoms with Gasteiger partial charge >= 0.3 is 0 Å². The Balaban J connectivity index is 0.806. The number of piperidine rings is 1. The van der Waals surface area contributed by atoms with Gasteiger partial charge < -0.3 is 44.1 Å².